The molecule has 0 fully saturated rings. The molecule has 0 radical (unpaired) electrons. The molecule has 1 atom stereocenters. The predicted octanol–water partition coefficient (Wildman–Crippen LogP) is 3.42. The van der Waals surface area contributed by atoms with Gasteiger partial charge in [-0.3, -0.25) is 4.79 Å². The van der Waals surface area contributed by atoms with Gasteiger partial charge < -0.3 is 24.3 Å². The molecule has 27 heavy (non-hydrogen) atoms. The molecule has 1 amide bonds. The Morgan fingerprint density at radius 1 is 1.19 bits per heavy atom. The lowest BCUT2D eigenvalue weighted by molar-refractivity contribution is -0.120. The zero-order chi connectivity index (χ0) is 19.2. The Balaban J connectivity index is 1.54. The normalized spacial score (nSPS) is 11.8. The summed E-state index contributed by atoms with van der Waals surface area (Å²) in [5, 5.41) is 16.9. The smallest absolute Gasteiger partial charge is 0.224 e. The average Bonchev–Trinajstić information content (AvgIpc) is 3.37. The molecule has 0 aliphatic heterocycles. The fraction of sp³-hybridized carbons (Fsp3) is 0.250. The van der Waals surface area contributed by atoms with Crippen LogP contribution in [0.4, 0.5) is 0 Å². The Morgan fingerprint density at radius 3 is 2.70 bits per heavy atom. The summed E-state index contributed by atoms with van der Waals surface area (Å²) in [6.45, 7) is 0.0721. The Morgan fingerprint density at radius 2 is 2.00 bits per heavy atom. The molecule has 0 saturated heterocycles. The Kier molecular flexibility index (Phi) is 6.16. The first kappa shape index (κ1) is 19.0. The summed E-state index contributed by atoms with van der Waals surface area (Å²) in [6, 6.07) is 10.8. The molecule has 0 aliphatic rings. The summed E-state index contributed by atoms with van der Waals surface area (Å²) < 4.78 is 16.1. The SMILES string of the molecule is COc1ccc(CC(=O)NCC(O)c2ccc(-c3ccsc3)o2)cc1OC. The number of aliphatic hydroxyl groups is 1. The molecule has 1 unspecified atom stereocenters. The van der Waals surface area contributed by atoms with Crippen molar-refractivity contribution in [2.75, 3.05) is 20.8 Å². The summed E-state index contributed by atoms with van der Waals surface area (Å²) in [7, 11) is 3.11. The highest BCUT2D eigenvalue weighted by molar-refractivity contribution is 7.08. The number of furan rings is 1. The minimum atomic E-state index is -0.910. The predicted molar refractivity (Wildman–Crippen MR) is 103 cm³/mol. The van der Waals surface area contributed by atoms with Gasteiger partial charge in [0.15, 0.2) is 11.5 Å². The second kappa shape index (κ2) is 8.75. The van der Waals surface area contributed by atoms with Crippen molar-refractivity contribution in [1.29, 1.82) is 0 Å². The summed E-state index contributed by atoms with van der Waals surface area (Å²) >= 11 is 1.58. The Labute approximate surface area is 161 Å². The van der Waals surface area contributed by atoms with Gasteiger partial charge in [-0.25, -0.2) is 0 Å². The van der Waals surface area contributed by atoms with Gasteiger partial charge in [0.25, 0.3) is 0 Å². The van der Waals surface area contributed by atoms with Crippen LogP contribution in [0.15, 0.2) is 51.6 Å². The van der Waals surface area contributed by atoms with E-state index in [0.717, 1.165) is 11.1 Å². The van der Waals surface area contributed by atoms with E-state index in [2.05, 4.69) is 5.32 Å². The number of ether oxygens (including phenoxy) is 2. The summed E-state index contributed by atoms with van der Waals surface area (Å²) in [4.78, 5) is 12.2. The molecule has 6 nitrogen and oxygen atoms in total. The van der Waals surface area contributed by atoms with Gasteiger partial charge in [0.2, 0.25) is 5.91 Å². The first-order valence-electron chi connectivity index (χ1n) is 8.38. The Hall–Kier alpha value is -2.77. The van der Waals surface area contributed by atoms with Crippen LogP contribution in [-0.2, 0) is 11.2 Å². The van der Waals surface area contributed by atoms with Crippen LogP contribution in [-0.4, -0.2) is 31.8 Å². The summed E-state index contributed by atoms with van der Waals surface area (Å²) in [5.74, 6) is 2.09. The van der Waals surface area contributed by atoms with Gasteiger partial charge in [-0.15, -0.1) is 0 Å². The first-order chi connectivity index (χ1) is 13.1. The lowest BCUT2D eigenvalue weighted by atomic mass is 10.1. The molecule has 0 spiro atoms. The molecule has 2 aromatic heterocycles. The number of rotatable bonds is 8. The molecule has 0 aliphatic carbocycles. The number of carbonyl (C=O) groups is 1. The summed E-state index contributed by atoms with van der Waals surface area (Å²) in [6.07, 6.45) is -0.738. The molecule has 3 rings (SSSR count). The number of hydrogen-bond donors (Lipinski definition) is 2. The van der Waals surface area contributed by atoms with Crippen molar-refractivity contribution in [2.45, 2.75) is 12.5 Å². The summed E-state index contributed by atoms with van der Waals surface area (Å²) in [5.41, 5.74) is 1.76. The minimum Gasteiger partial charge on any atom is -0.493 e. The van der Waals surface area contributed by atoms with Crippen LogP contribution in [0.25, 0.3) is 11.3 Å². The number of nitrogens with one attached hydrogen (secondary N) is 1. The molecular weight excluding hydrogens is 366 g/mol. The van der Waals surface area contributed by atoms with Crippen LogP contribution >= 0.6 is 11.3 Å². The molecule has 2 N–H and O–H groups in total. The third-order valence-corrected chi connectivity index (χ3v) is 4.75. The van der Waals surface area contributed by atoms with Crippen molar-refractivity contribution in [3.63, 3.8) is 0 Å². The number of methoxy groups -OCH3 is 2. The van der Waals surface area contributed by atoms with Gasteiger partial charge >= 0.3 is 0 Å². The van der Waals surface area contributed by atoms with E-state index < -0.39 is 6.10 Å². The maximum absolute atomic E-state index is 12.2. The van der Waals surface area contributed by atoms with E-state index in [1.165, 1.54) is 0 Å². The van der Waals surface area contributed by atoms with Crippen LogP contribution in [0.3, 0.4) is 0 Å². The molecular formula is C20H21NO5S. The topological polar surface area (TPSA) is 80.9 Å². The quantitative estimate of drug-likeness (QED) is 0.619. The molecule has 1 aromatic carbocycles. The van der Waals surface area contributed by atoms with E-state index in [1.54, 1.807) is 49.8 Å². The molecule has 0 bridgehead atoms. The number of carbonyl (C=O) groups excluding carboxylic acids is 1. The zero-order valence-corrected chi connectivity index (χ0v) is 15.9. The highest BCUT2D eigenvalue weighted by Crippen LogP contribution is 2.28. The van der Waals surface area contributed by atoms with Crippen LogP contribution in [0.2, 0.25) is 0 Å². The molecule has 7 heteroatoms. The van der Waals surface area contributed by atoms with Gasteiger partial charge in [0.05, 0.1) is 27.2 Å². The molecule has 0 saturated carbocycles. The van der Waals surface area contributed by atoms with Crippen LogP contribution < -0.4 is 14.8 Å². The highest BCUT2D eigenvalue weighted by Gasteiger charge is 2.15. The van der Waals surface area contributed by atoms with E-state index in [1.807, 2.05) is 22.9 Å². The van der Waals surface area contributed by atoms with Crippen molar-refractivity contribution >= 4 is 17.2 Å². The fourth-order valence-corrected chi connectivity index (χ4v) is 3.29. The maximum Gasteiger partial charge on any atom is 0.224 e. The third kappa shape index (κ3) is 4.69. The maximum atomic E-state index is 12.2. The van der Waals surface area contributed by atoms with Crippen molar-refractivity contribution < 1.29 is 23.8 Å². The van der Waals surface area contributed by atoms with Gasteiger partial charge in [-0.2, -0.15) is 11.3 Å². The van der Waals surface area contributed by atoms with E-state index in [-0.39, 0.29) is 18.9 Å². The third-order valence-electron chi connectivity index (χ3n) is 4.07. The van der Waals surface area contributed by atoms with Gasteiger partial charge in [0.1, 0.15) is 17.6 Å². The van der Waals surface area contributed by atoms with Crippen molar-refractivity contribution in [3.8, 4) is 22.8 Å². The lowest BCUT2D eigenvalue weighted by Crippen LogP contribution is -2.29. The van der Waals surface area contributed by atoms with E-state index in [4.69, 9.17) is 13.9 Å². The monoisotopic (exact) mass is 387 g/mol. The van der Waals surface area contributed by atoms with Crippen LogP contribution in [0, 0.1) is 0 Å². The minimum absolute atomic E-state index is 0.0721. The van der Waals surface area contributed by atoms with E-state index in [9.17, 15) is 9.90 Å². The van der Waals surface area contributed by atoms with Gasteiger partial charge in [0, 0.05) is 10.9 Å². The van der Waals surface area contributed by atoms with Gasteiger partial charge in [-0.05, 0) is 41.3 Å². The second-order valence-corrected chi connectivity index (χ2v) is 6.68. The highest BCUT2D eigenvalue weighted by atomic mass is 32.1. The van der Waals surface area contributed by atoms with Crippen molar-refractivity contribution in [1.82, 2.24) is 5.32 Å². The van der Waals surface area contributed by atoms with Crippen LogP contribution in [0.1, 0.15) is 17.4 Å². The molecule has 142 valence electrons. The zero-order valence-electron chi connectivity index (χ0n) is 15.1. The van der Waals surface area contributed by atoms with E-state index in [0.29, 0.717) is 23.0 Å². The fourth-order valence-electron chi connectivity index (χ4n) is 2.64. The number of hydrogen-bond acceptors (Lipinski definition) is 6. The van der Waals surface area contributed by atoms with E-state index >= 15 is 0 Å². The largest absolute Gasteiger partial charge is 0.493 e. The number of benzene rings is 1. The van der Waals surface area contributed by atoms with Crippen molar-refractivity contribution in [2.24, 2.45) is 0 Å². The first-order valence-corrected chi connectivity index (χ1v) is 9.33. The van der Waals surface area contributed by atoms with Gasteiger partial charge in [-0.1, -0.05) is 6.07 Å². The number of thiophene rings is 1. The average molecular weight is 387 g/mol. The lowest BCUT2D eigenvalue weighted by Gasteiger charge is -2.11. The second-order valence-electron chi connectivity index (χ2n) is 5.90. The number of aliphatic hydroxyl groups excluding tert-OH is 1. The molecule has 2 heterocycles. The molecule has 3 aromatic rings. The Bertz CT molecular complexity index is 888. The standard InChI is InChI=1S/C20H21NO5S/c1-24-18-4-3-13(9-19(18)25-2)10-20(23)21-11-15(22)17-6-5-16(26-17)14-7-8-27-12-14/h3-9,12,15,22H,10-11H2,1-2H3,(H,21,23). The number of amides is 1. The van der Waals surface area contributed by atoms with Crippen LogP contribution in [0.5, 0.6) is 11.5 Å². The van der Waals surface area contributed by atoms with Crippen molar-refractivity contribution in [3.05, 3.63) is 58.5 Å².